The first-order chi connectivity index (χ1) is 9.43. The number of hydrogen-bond acceptors (Lipinski definition) is 3. The predicted octanol–water partition coefficient (Wildman–Crippen LogP) is 3.40. The van der Waals surface area contributed by atoms with Gasteiger partial charge in [-0.15, -0.1) is 0 Å². The maximum atomic E-state index is 11.6. The molecule has 0 saturated heterocycles. The summed E-state index contributed by atoms with van der Waals surface area (Å²) in [6, 6.07) is 12.5. The van der Waals surface area contributed by atoms with Crippen LogP contribution in [-0.2, 0) is 9.84 Å². The molecule has 0 unspecified atom stereocenters. The van der Waals surface area contributed by atoms with Gasteiger partial charge in [0.25, 0.3) is 0 Å². The SMILES string of the molecule is CS(=O)(=O)c1cccc(-c2nc3ccc(Br)cc3[nH]2)c1. The lowest BCUT2D eigenvalue weighted by molar-refractivity contribution is 0.602. The van der Waals surface area contributed by atoms with Crippen LogP contribution in [0.15, 0.2) is 51.8 Å². The van der Waals surface area contributed by atoms with Crippen molar-refractivity contribution in [3.63, 3.8) is 0 Å². The first-order valence-corrected chi connectivity index (χ1v) is 8.58. The van der Waals surface area contributed by atoms with Crippen LogP contribution < -0.4 is 0 Å². The molecule has 6 heteroatoms. The highest BCUT2D eigenvalue weighted by Crippen LogP contribution is 2.24. The minimum atomic E-state index is -3.22. The molecule has 0 fully saturated rings. The molecule has 0 aliphatic heterocycles. The van der Waals surface area contributed by atoms with Gasteiger partial charge in [0.15, 0.2) is 9.84 Å². The van der Waals surface area contributed by atoms with Gasteiger partial charge >= 0.3 is 0 Å². The fraction of sp³-hybridized carbons (Fsp3) is 0.0714. The molecule has 3 rings (SSSR count). The molecule has 20 heavy (non-hydrogen) atoms. The van der Waals surface area contributed by atoms with Gasteiger partial charge in [-0.2, -0.15) is 0 Å². The summed E-state index contributed by atoms with van der Waals surface area (Å²) in [7, 11) is -3.22. The number of nitrogens with zero attached hydrogens (tertiary/aromatic N) is 1. The van der Waals surface area contributed by atoms with E-state index in [1.807, 2.05) is 24.3 Å². The molecule has 1 aromatic heterocycles. The number of imidazole rings is 1. The molecule has 2 aromatic carbocycles. The maximum absolute atomic E-state index is 11.6. The van der Waals surface area contributed by atoms with Gasteiger partial charge in [0.1, 0.15) is 5.82 Å². The van der Waals surface area contributed by atoms with Crippen molar-refractivity contribution < 1.29 is 8.42 Å². The summed E-state index contributed by atoms with van der Waals surface area (Å²) in [4.78, 5) is 7.96. The summed E-state index contributed by atoms with van der Waals surface area (Å²) < 4.78 is 24.2. The molecule has 0 saturated carbocycles. The van der Waals surface area contributed by atoms with Crippen molar-refractivity contribution in [2.24, 2.45) is 0 Å². The van der Waals surface area contributed by atoms with Gasteiger partial charge in [-0.05, 0) is 30.3 Å². The number of sulfone groups is 1. The van der Waals surface area contributed by atoms with Crippen LogP contribution >= 0.6 is 15.9 Å². The molecule has 102 valence electrons. The van der Waals surface area contributed by atoms with Gasteiger partial charge in [-0.3, -0.25) is 0 Å². The van der Waals surface area contributed by atoms with Gasteiger partial charge in [-0.25, -0.2) is 13.4 Å². The Morgan fingerprint density at radius 2 is 1.95 bits per heavy atom. The van der Waals surface area contributed by atoms with Crippen molar-refractivity contribution in [1.29, 1.82) is 0 Å². The smallest absolute Gasteiger partial charge is 0.175 e. The number of rotatable bonds is 2. The van der Waals surface area contributed by atoms with E-state index in [0.717, 1.165) is 21.1 Å². The molecule has 1 heterocycles. The van der Waals surface area contributed by atoms with Crippen molar-refractivity contribution in [3.8, 4) is 11.4 Å². The highest BCUT2D eigenvalue weighted by molar-refractivity contribution is 9.10. The predicted molar refractivity (Wildman–Crippen MR) is 82.3 cm³/mol. The molecule has 0 amide bonds. The Morgan fingerprint density at radius 1 is 1.15 bits per heavy atom. The van der Waals surface area contributed by atoms with E-state index in [-0.39, 0.29) is 4.90 Å². The average molecular weight is 351 g/mol. The van der Waals surface area contributed by atoms with E-state index in [1.54, 1.807) is 18.2 Å². The van der Waals surface area contributed by atoms with Crippen molar-refractivity contribution in [1.82, 2.24) is 9.97 Å². The van der Waals surface area contributed by atoms with Gasteiger partial charge in [0, 0.05) is 16.3 Å². The van der Waals surface area contributed by atoms with Crippen molar-refractivity contribution in [2.75, 3.05) is 6.26 Å². The number of aromatic nitrogens is 2. The summed E-state index contributed by atoms with van der Waals surface area (Å²) in [5.74, 6) is 0.656. The number of hydrogen-bond donors (Lipinski definition) is 1. The molecule has 1 N–H and O–H groups in total. The van der Waals surface area contributed by atoms with Crippen LogP contribution in [0, 0.1) is 0 Å². The fourth-order valence-electron chi connectivity index (χ4n) is 1.99. The minimum Gasteiger partial charge on any atom is -0.338 e. The third kappa shape index (κ3) is 2.48. The van der Waals surface area contributed by atoms with Crippen LogP contribution in [0.4, 0.5) is 0 Å². The van der Waals surface area contributed by atoms with Crippen LogP contribution in [-0.4, -0.2) is 24.6 Å². The second-order valence-electron chi connectivity index (χ2n) is 4.55. The zero-order valence-electron chi connectivity index (χ0n) is 10.6. The van der Waals surface area contributed by atoms with E-state index in [2.05, 4.69) is 25.9 Å². The van der Waals surface area contributed by atoms with E-state index in [4.69, 9.17) is 0 Å². The van der Waals surface area contributed by atoms with Crippen LogP contribution in [0.1, 0.15) is 0 Å². The molecule has 0 bridgehead atoms. The Kier molecular flexibility index (Phi) is 3.14. The monoisotopic (exact) mass is 350 g/mol. The average Bonchev–Trinajstić information content (AvgIpc) is 2.81. The quantitative estimate of drug-likeness (QED) is 0.770. The molecular formula is C14H11BrN2O2S. The van der Waals surface area contributed by atoms with E-state index >= 15 is 0 Å². The zero-order chi connectivity index (χ0) is 14.3. The molecule has 0 aliphatic rings. The number of aromatic amines is 1. The highest BCUT2D eigenvalue weighted by Gasteiger charge is 2.10. The first kappa shape index (κ1) is 13.3. The van der Waals surface area contributed by atoms with E-state index in [1.165, 1.54) is 6.26 Å². The summed E-state index contributed by atoms with van der Waals surface area (Å²) in [6.07, 6.45) is 1.20. The Balaban J connectivity index is 2.16. The lowest BCUT2D eigenvalue weighted by Crippen LogP contribution is -1.97. The lowest BCUT2D eigenvalue weighted by Gasteiger charge is -2.00. The Bertz CT molecular complexity index is 900. The van der Waals surface area contributed by atoms with Crippen molar-refractivity contribution in [3.05, 3.63) is 46.9 Å². The molecule has 4 nitrogen and oxygen atoms in total. The molecule has 0 atom stereocenters. The number of fused-ring (bicyclic) bond motifs is 1. The van der Waals surface area contributed by atoms with E-state index in [9.17, 15) is 8.42 Å². The molecule has 0 spiro atoms. The van der Waals surface area contributed by atoms with E-state index < -0.39 is 9.84 Å². The van der Waals surface area contributed by atoms with Gasteiger partial charge in [0.2, 0.25) is 0 Å². The van der Waals surface area contributed by atoms with E-state index in [0.29, 0.717) is 5.82 Å². The Hall–Kier alpha value is -1.66. The van der Waals surface area contributed by atoms with Crippen LogP contribution in [0.2, 0.25) is 0 Å². The summed E-state index contributed by atoms with van der Waals surface area (Å²) >= 11 is 3.41. The van der Waals surface area contributed by atoms with Crippen LogP contribution in [0.5, 0.6) is 0 Å². The normalized spacial score (nSPS) is 11.9. The second-order valence-corrected chi connectivity index (χ2v) is 7.48. The summed E-state index contributed by atoms with van der Waals surface area (Å²) in [5, 5.41) is 0. The first-order valence-electron chi connectivity index (χ1n) is 5.89. The van der Waals surface area contributed by atoms with Crippen LogP contribution in [0.3, 0.4) is 0 Å². The van der Waals surface area contributed by atoms with Gasteiger partial charge in [0.05, 0.1) is 15.9 Å². The lowest BCUT2D eigenvalue weighted by atomic mass is 10.2. The zero-order valence-corrected chi connectivity index (χ0v) is 13.0. The maximum Gasteiger partial charge on any atom is 0.175 e. The Labute approximate surface area is 124 Å². The van der Waals surface area contributed by atoms with Gasteiger partial charge in [-0.1, -0.05) is 28.1 Å². The number of halogens is 1. The molecule has 3 aromatic rings. The third-order valence-electron chi connectivity index (χ3n) is 2.98. The highest BCUT2D eigenvalue weighted by atomic mass is 79.9. The molecule has 0 aliphatic carbocycles. The van der Waals surface area contributed by atoms with Crippen molar-refractivity contribution >= 4 is 36.8 Å². The fourth-order valence-corrected chi connectivity index (χ4v) is 3.02. The molecular weight excluding hydrogens is 340 g/mol. The largest absolute Gasteiger partial charge is 0.338 e. The summed E-state index contributed by atoms with van der Waals surface area (Å²) in [5.41, 5.74) is 2.49. The number of benzene rings is 2. The number of H-pyrrole nitrogens is 1. The Morgan fingerprint density at radius 3 is 2.70 bits per heavy atom. The number of nitrogens with one attached hydrogen (secondary N) is 1. The second kappa shape index (κ2) is 4.71. The minimum absolute atomic E-state index is 0.289. The van der Waals surface area contributed by atoms with Gasteiger partial charge < -0.3 is 4.98 Å². The molecule has 0 radical (unpaired) electrons. The standard InChI is InChI=1S/C14H11BrN2O2S/c1-20(18,19)11-4-2-3-9(7-11)14-16-12-6-5-10(15)8-13(12)17-14/h2-8H,1H3,(H,16,17). The topological polar surface area (TPSA) is 62.8 Å². The summed E-state index contributed by atoms with van der Waals surface area (Å²) in [6.45, 7) is 0. The van der Waals surface area contributed by atoms with Crippen molar-refractivity contribution in [2.45, 2.75) is 4.90 Å². The third-order valence-corrected chi connectivity index (χ3v) is 4.58. The van der Waals surface area contributed by atoms with Crippen LogP contribution in [0.25, 0.3) is 22.4 Å².